The Kier molecular flexibility index (Phi) is 7.29. The van der Waals surface area contributed by atoms with Crippen LogP contribution in [0.4, 0.5) is 0 Å². The Hall–Kier alpha value is -0.620. The van der Waals surface area contributed by atoms with Gasteiger partial charge in [0.15, 0.2) is 0 Å². The molecule has 142 valence electrons. The number of aliphatic hydroxyl groups is 4. The zero-order chi connectivity index (χ0) is 18.7. The molecular formula is C12H25N2O9P. The Morgan fingerprint density at radius 3 is 2.38 bits per heavy atom. The number of carboxylic acids is 1. The van der Waals surface area contributed by atoms with Gasteiger partial charge in [-0.3, -0.25) is 9.36 Å². The molecule has 12 heteroatoms. The van der Waals surface area contributed by atoms with E-state index in [1.165, 1.54) is 0 Å². The summed E-state index contributed by atoms with van der Waals surface area (Å²) in [6, 6.07) is -1.55. The first-order valence-corrected chi connectivity index (χ1v) is 9.05. The number of nitrogens with two attached hydrogens (primary N) is 1. The zero-order valence-corrected chi connectivity index (χ0v) is 14.0. The van der Waals surface area contributed by atoms with Crippen LogP contribution < -0.4 is 11.1 Å². The normalized spacial score (nSPS) is 33.6. The van der Waals surface area contributed by atoms with E-state index in [4.69, 9.17) is 15.9 Å². The van der Waals surface area contributed by atoms with E-state index in [2.05, 4.69) is 9.84 Å². The number of hydrogen-bond donors (Lipinski definition) is 8. The van der Waals surface area contributed by atoms with E-state index in [0.29, 0.717) is 0 Å². The first-order chi connectivity index (χ1) is 10.9. The second kappa shape index (κ2) is 8.17. The van der Waals surface area contributed by atoms with Crippen LogP contribution in [0.2, 0.25) is 0 Å². The quantitative estimate of drug-likeness (QED) is 0.189. The summed E-state index contributed by atoms with van der Waals surface area (Å²) < 4.78 is 16.5. The molecule has 0 aromatic rings. The van der Waals surface area contributed by atoms with E-state index in [0.717, 1.165) is 6.92 Å². The van der Waals surface area contributed by atoms with Gasteiger partial charge in [-0.2, -0.15) is 0 Å². The van der Waals surface area contributed by atoms with E-state index in [9.17, 15) is 29.6 Å². The van der Waals surface area contributed by atoms with Crippen LogP contribution in [0.25, 0.3) is 0 Å². The highest BCUT2D eigenvalue weighted by molar-refractivity contribution is 7.52. The molecule has 24 heavy (non-hydrogen) atoms. The lowest BCUT2D eigenvalue weighted by Gasteiger charge is -2.24. The Morgan fingerprint density at radius 1 is 1.38 bits per heavy atom. The third-order valence-electron chi connectivity index (χ3n) is 3.82. The Balaban J connectivity index is 2.53. The number of carboxylic acid groups (broad SMARTS) is 1. The predicted molar refractivity (Wildman–Crippen MR) is 81.3 cm³/mol. The molecule has 1 aliphatic rings. The van der Waals surface area contributed by atoms with Crippen LogP contribution in [0.15, 0.2) is 0 Å². The minimum Gasteiger partial charge on any atom is -0.480 e. The van der Waals surface area contributed by atoms with Gasteiger partial charge in [-0.15, -0.1) is 0 Å². The van der Waals surface area contributed by atoms with E-state index < -0.39 is 68.9 Å². The van der Waals surface area contributed by atoms with Crippen molar-refractivity contribution >= 4 is 13.6 Å². The van der Waals surface area contributed by atoms with Crippen molar-refractivity contribution in [1.82, 2.24) is 5.32 Å². The average Bonchev–Trinajstić information content (AvgIpc) is 2.72. The maximum Gasteiger partial charge on any atom is 0.330 e. The molecule has 0 aliphatic carbocycles. The number of rotatable bonds is 9. The lowest BCUT2D eigenvalue weighted by Crippen LogP contribution is -2.48. The molecule has 1 aliphatic heterocycles. The summed E-state index contributed by atoms with van der Waals surface area (Å²) in [5.74, 6) is -1.41. The lowest BCUT2D eigenvalue weighted by atomic mass is 10.0. The van der Waals surface area contributed by atoms with Crippen LogP contribution in [0.5, 0.6) is 0 Å². The highest BCUT2D eigenvalue weighted by atomic mass is 31.2. The van der Waals surface area contributed by atoms with Gasteiger partial charge in [0.25, 0.3) is 0 Å². The van der Waals surface area contributed by atoms with Crippen molar-refractivity contribution in [3.8, 4) is 0 Å². The summed E-state index contributed by atoms with van der Waals surface area (Å²) in [6.07, 6.45) is -4.73. The molecule has 1 saturated heterocycles. The second-order valence-electron chi connectivity index (χ2n) is 6.25. The van der Waals surface area contributed by atoms with E-state index in [1.807, 2.05) is 0 Å². The molecule has 0 aromatic heterocycles. The number of aliphatic carboxylic acids is 1. The SMILES string of the molecule is CC(N)(COP(=O)(O)C[C@H](O)C[C@H]1N[C@H](CO)[C@@H](O)[C@@H]1O)C(=O)O. The van der Waals surface area contributed by atoms with Gasteiger partial charge in [-0.25, -0.2) is 0 Å². The summed E-state index contributed by atoms with van der Waals surface area (Å²) in [4.78, 5) is 20.5. The largest absolute Gasteiger partial charge is 0.480 e. The van der Waals surface area contributed by atoms with Gasteiger partial charge >= 0.3 is 13.6 Å². The third kappa shape index (κ3) is 5.73. The van der Waals surface area contributed by atoms with Crippen molar-refractivity contribution in [2.24, 2.45) is 5.73 Å². The lowest BCUT2D eigenvalue weighted by molar-refractivity contribution is -0.143. The molecule has 0 amide bonds. The van der Waals surface area contributed by atoms with E-state index in [1.54, 1.807) is 0 Å². The summed E-state index contributed by atoms with van der Waals surface area (Å²) in [5.41, 5.74) is 3.52. The predicted octanol–water partition coefficient (Wildman–Crippen LogP) is -3.20. The third-order valence-corrected chi connectivity index (χ3v) is 5.24. The fourth-order valence-electron chi connectivity index (χ4n) is 2.30. The minimum absolute atomic E-state index is 0.179. The molecule has 9 N–H and O–H groups in total. The van der Waals surface area contributed by atoms with Crippen LogP contribution in [-0.4, -0.2) is 91.7 Å². The standard InChI is InChI=1S/C12H25N2O9P/c1-12(13,11(19)20)5-23-24(21,22)4-6(16)2-7-9(17)10(18)8(3-15)14-7/h6-10,14-18H,2-5,13H2,1H3,(H,19,20)(H,21,22)/t6-,7-,8-,9-,10-,12?/m1/s1. The van der Waals surface area contributed by atoms with Crippen LogP contribution in [0.3, 0.4) is 0 Å². The van der Waals surface area contributed by atoms with Crippen molar-refractivity contribution in [3.63, 3.8) is 0 Å². The molecule has 0 saturated carbocycles. The van der Waals surface area contributed by atoms with Gasteiger partial charge < -0.3 is 46.0 Å². The van der Waals surface area contributed by atoms with Crippen LogP contribution in [-0.2, 0) is 13.9 Å². The molecule has 0 radical (unpaired) electrons. The molecule has 1 heterocycles. The van der Waals surface area contributed by atoms with Crippen LogP contribution in [0.1, 0.15) is 13.3 Å². The second-order valence-corrected chi connectivity index (χ2v) is 8.15. The minimum atomic E-state index is -4.31. The van der Waals surface area contributed by atoms with E-state index in [-0.39, 0.29) is 6.42 Å². The van der Waals surface area contributed by atoms with Crippen molar-refractivity contribution in [2.75, 3.05) is 19.4 Å². The summed E-state index contributed by atoms with van der Waals surface area (Å²) >= 11 is 0. The summed E-state index contributed by atoms with van der Waals surface area (Å²) in [7, 11) is -4.31. The van der Waals surface area contributed by atoms with E-state index >= 15 is 0 Å². The molecule has 0 bridgehead atoms. The van der Waals surface area contributed by atoms with Crippen LogP contribution >= 0.6 is 7.60 Å². The molecule has 0 aromatic carbocycles. The summed E-state index contributed by atoms with van der Waals surface area (Å²) in [6.45, 7) is -0.0316. The fourth-order valence-corrected chi connectivity index (χ4v) is 3.56. The highest BCUT2D eigenvalue weighted by Crippen LogP contribution is 2.43. The topological polar surface area (TPSA) is 203 Å². The van der Waals surface area contributed by atoms with Crippen molar-refractivity contribution in [1.29, 1.82) is 0 Å². The first-order valence-electron chi connectivity index (χ1n) is 7.29. The Morgan fingerprint density at radius 2 is 1.92 bits per heavy atom. The zero-order valence-electron chi connectivity index (χ0n) is 13.1. The molecule has 11 nitrogen and oxygen atoms in total. The number of nitrogens with one attached hydrogen (secondary N) is 1. The number of carbonyl (C=O) groups is 1. The monoisotopic (exact) mass is 372 g/mol. The molecule has 0 spiro atoms. The maximum absolute atomic E-state index is 11.9. The molecule has 1 fully saturated rings. The van der Waals surface area contributed by atoms with Gasteiger partial charge in [-0.1, -0.05) is 0 Å². The molecule has 7 atom stereocenters. The van der Waals surface area contributed by atoms with Gasteiger partial charge in [0.05, 0.1) is 43.7 Å². The van der Waals surface area contributed by atoms with Gasteiger partial charge in [0.1, 0.15) is 5.54 Å². The van der Waals surface area contributed by atoms with Gasteiger partial charge in [0, 0.05) is 6.04 Å². The number of hydrogen-bond acceptors (Lipinski definition) is 9. The molecular weight excluding hydrogens is 347 g/mol. The fraction of sp³-hybridized carbons (Fsp3) is 0.917. The van der Waals surface area contributed by atoms with Gasteiger partial charge in [0.2, 0.25) is 0 Å². The highest BCUT2D eigenvalue weighted by Gasteiger charge is 2.42. The summed E-state index contributed by atoms with van der Waals surface area (Å²) in [5, 5.41) is 49.9. The maximum atomic E-state index is 11.9. The average molecular weight is 372 g/mol. The number of aliphatic hydroxyl groups excluding tert-OH is 4. The Labute approximate surface area is 138 Å². The van der Waals surface area contributed by atoms with Crippen molar-refractivity contribution in [2.45, 2.75) is 49.3 Å². The molecule has 2 unspecified atom stereocenters. The first kappa shape index (κ1) is 21.4. The van der Waals surface area contributed by atoms with Gasteiger partial charge in [-0.05, 0) is 13.3 Å². The van der Waals surface area contributed by atoms with Crippen molar-refractivity contribution < 1.29 is 44.3 Å². The van der Waals surface area contributed by atoms with Crippen molar-refractivity contribution in [3.05, 3.63) is 0 Å². The Bertz CT molecular complexity index is 489. The van der Waals surface area contributed by atoms with Crippen LogP contribution in [0, 0.1) is 0 Å². The smallest absolute Gasteiger partial charge is 0.330 e. The molecule has 1 rings (SSSR count).